The second-order valence-electron chi connectivity index (χ2n) is 4.67. The molecule has 2 nitrogen and oxygen atoms in total. The van der Waals surface area contributed by atoms with Gasteiger partial charge in [-0.1, -0.05) is 11.6 Å². The fourth-order valence-electron chi connectivity index (χ4n) is 2.45. The van der Waals surface area contributed by atoms with E-state index >= 15 is 0 Å². The summed E-state index contributed by atoms with van der Waals surface area (Å²) in [6, 6.07) is 2.06. The van der Waals surface area contributed by atoms with E-state index in [0.29, 0.717) is 6.54 Å². The molecule has 1 saturated carbocycles. The Kier molecular flexibility index (Phi) is 2.89. The van der Waals surface area contributed by atoms with Crippen molar-refractivity contribution in [3.05, 3.63) is 27.8 Å². The molecule has 0 spiro atoms. The molecule has 0 amide bonds. The summed E-state index contributed by atoms with van der Waals surface area (Å²) >= 11 is 6.24. The van der Waals surface area contributed by atoms with E-state index < -0.39 is 0 Å². The van der Waals surface area contributed by atoms with Gasteiger partial charge < -0.3 is 10.5 Å². The highest BCUT2D eigenvalue weighted by molar-refractivity contribution is 6.31. The van der Waals surface area contributed by atoms with Crippen LogP contribution < -0.4 is 10.5 Å². The van der Waals surface area contributed by atoms with Crippen LogP contribution in [0.2, 0.25) is 5.02 Å². The van der Waals surface area contributed by atoms with E-state index in [1.807, 2.05) is 6.92 Å². The smallest absolute Gasteiger partial charge is 0.126 e. The van der Waals surface area contributed by atoms with Crippen molar-refractivity contribution in [3.63, 3.8) is 0 Å². The lowest BCUT2D eigenvalue weighted by Gasteiger charge is -2.20. The Morgan fingerprint density at radius 2 is 2.00 bits per heavy atom. The predicted molar refractivity (Wildman–Crippen MR) is 67.4 cm³/mol. The molecule has 0 unspecified atom stereocenters. The van der Waals surface area contributed by atoms with Gasteiger partial charge in [0.25, 0.3) is 0 Å². The summed E-state index contributed by atoms with van der Waals surface area (Å²) < 4.78 is 5.44. The van der Waals surface area contributed by atoms with Crippen LogP contribution in [0.1, 0.15) is 29.5 Å². The quantitative estimate of drug-likeness (QED) is 0.880. The van der Waals surface area contributed by atoms with E-state index in [4.69, 9.17) is 22.1 Å². The largest absolute Gasteiger partial charge is 0.496 e. The van der Waals surface area contributed by atoms with Crippen molar-refractivity contribution >= 4 is 11.6 Å². The third-order valence-corrected chi connectivity index (χ3v) is 4.13. The Bertz CT molecular complexity index is 424. The van der Waals surface area contributed by atoms with Crippen molar-refractivity contribution in [2.75, 3.05) is 13.7 Å². The van der Waals surface area contributed by atoms with Crippen molar-refractivity contribution < 1.29 is 4.74 Å². The fourth-order valence-corrected chi connectivity index (χ4v) is 2.64. The highest BCUT2D eigenvalue weighted by Gasteiger charge is 2.44. The average molecular weight is 240 g/mol. The molecule has 0 heterocycles. The van der Waals surface area contributed by atoms with Crippen LogP contribution in [-0.4, -0.2) is 13.7 Å². The van der Waals surface area contributed by atoms with Crippen molar-refractivity contribution in [2.24, 2.45) is 5.73 Å². The lowest BCUT2D eigenvalue weighted by atomic mass is 9.90. The van der Waals surface area contributed by atoms with E-state index in [1.54, 1.807) is 7.11 Å². The molecule has 3 heteroatoms. The standard InChI is InChI=1S/C13H18ClNO/c1-8-10(13(7-15)4-5-13)6-11(14)9(2)12(8)16-3/h6H,4-5,7,15H2,1-3H3. The Labute approximate surface area is 102 Å². The fraction of sp³-hybridized carbons (Fsp3) is 0.538. The monoisotopic (exact) mass is 239 g/mol. The number of benzene rings is 1. The van der Waals surface area contributed by atoms with Gasteiger partial charge in [-0.3, -0.25) is 0 Å². The van der Waals surface area contributed by atoms with Gasteiger partial charge in [-0.2, -0.15) is 0 Å². The van der Waals surface area contributed by atoms with Crippen LogP contribution in [0.5, 0.6) is 5.75 Å². The number of hydrogen-bond donors (Lipinski definition) is 1. The van der Waals surface area contributed by atoms with Crippen molar-refractivity contribution in [1.29, 1.82) is 0 Å². The van der Waals surface area contributed by atoms with Crippen molar-refractivity contribution in [2.45, 2.75) is 32.1 Å². The van der Waals surface area contributed by atoms with Crippen LogP contribution in [0, 0.1) is 13.8 Å². The topological polar surface area (TPSA) is 35.2 Å². The molecule has 0 aliphatic heterocycles. The Morgan fingerprint density at radius 3 is 2.44 bits per heavy atom. The Balaban J connectivity index is 2.59. The van der Waals surface area contributed by atoms with Crippen LogP contribution in [-0.2, 0) is 5.41 Å². The van der Waals surface area contributed by atoms with Gasteiger partial charge in [0.2, 0.25) is 0 Å². The summed E-state index contributed by atoms with van der Waals surface area (Å²) in [7, 11) is 1.69. The summed E-state index contributed by atoms with van der Waals surface area (Å²) in [6.45, 7) is 4.77. The zero-order valence-electron chi connectivity index (χ0n) is 10.1. The number of halogens is 1. The Hall–Kier alpha value is -0.730. The first-order valence-electron chi connectivity index (χ1n) is 5.60. The van der Waals surface area contributed by atoms with Crippen LogP contribution in [0.15, 0.2) is 6.07 Å². The highest BCUT2D eigenvalue weighted by atomic mass is 35.5. The maximum atomic E-state index is 6.24. The summed E-state index contributed by atoms with van der Waals surface area (Å²) in [5.74, 6) is 0.905. The molecule has 0 radical (unpaired) electrons. The molecule has 0 bridgehead atoms. The SMILES string of the molecule is COc1c(C)c(Cl)cc(C2(CN)CC2)c1C. The zero-order chi connectivity index (χ0) is 11.9. The van der Waals surface area contributed by atoms with Gasteiger partial charge in [-0.25, -0.2) is 0 Å². The molecular formula is C13H18ClNO. The van der Waals surface area contributed by atoms with E-state index in [9.17, 15) is 0 Å². The van der Waals surface area contributed by atoms with Crippen LogP contribution >= 0.6 is 11.6 Å². The van der Waals surface area contributed by atoms with E-state index in [1.165, 1.54) is 11.1 Å². The summed E-state index contributed by atoms with van der Waals surface area (Å²) in [4.78, 5) is 0. The number of rotatable bonds is 3. The third-order valence-electron chi connectivity index (χ3n) is 3.73. The first-order chi connectivity index (χ1) is 7.55. The van der Waals surface area contributed by atoms with E-state index in [0.717, 1.165) is 29.2 Å². The van der Waals surface area contributed by atoms with Crippen LogP contribution in [0.3, 0.4) is 0 Å². The lowest BCUT2D eigenvalue weighted by Crippen LogP contribution is -2.21. The second-order valence-corrected chi connectivity index (χ2v) is 5.08. The van der Waals surface area contributed by atoms with Gasteiger partial charge >= 0.3 is 0 Å². The van der Waals surface area contributed by atoms with Gasteiger partial charge in [0.05, 0.1) is 7.11 Å². The summed E-state index contributed by atoms with van der Waals surface area (Å²) in [5.41, 5.74) is 9.49. The van der Waals surface area contributed by atoms with Crippen LogP contribution in [0.4, 0.5) is 0 Å². The van der Waals surface area contributed by atoms with Crippen LogP contribution in [0.25, 0.3) is 0 Å². The summed E-state index contributed by atoms with van der Waals surface area (Å²) in [5, 5.41) is 0.775. The van der Waals surface area contributed by atoms with Gasteiger partial charge in [0, 0.05) is 22.5 Å². The maximum Gasteiger partial charge on any atom is 0.126 e. The highest BCUT2D eigenvalue weighted by Crippen LogP contribution is 2.51. The first kappa shape index (κ1) is 11.7. The molecule has 1 aromatic carbocycles. The molecule has 1 aliphatic rings. The minimum Gasteiger partial charge on any atom is -0.496 e. The maximum absolute atomic E-state index is 6.24. The van der Waals surface area contributed by atoms with E-state index in [2.05, 4.69) is 13.0 Å². The number of hydrogen-bond acceptors (Lipinski definition) is 2. The molecule has 1 fully saturated rings. The molecular weight excluding hydrogens is 222 g/mol. The molecule has 0 atom stereocenters. The number of methoxy groups -OCH3 is 1. The predicted octanol–water partition coefficient (Wildman–Crippen LogP) is 2.96. The minimum absolute atomic E-state index is 0.161. The number of nitrogens with two attached hydrogens (primary N) is 1. The zero-order valence-corrected chi connectivity index (χ0v) is 10.8. The average Bonchev–Trinajstić information content (AvgIpc) is 3.05. The van der Waals surface area contributed by atoms with Gasteiger partial charge in [0.1, 0.15) is 5.75 Å². The van der Waals surface area contributed by atoms with Crippen molar-refractivity contribution in [1.82, 2.24) is 0 Å². The molecule has 16 heavy (non-hydrogen) atoms. The first-order valence-corrected chi connectivity index (χ1v) is 5.98. The molecule has 2 N–H and O–H groups in total. The number of ether oxygens (including phenoxy) is 1. The summed E-state index contributed by atoms with van der Waals surface area (Å²) in [6.07, 6.45) is 2.32. The molecule has 0 aromatic heterocycles. The third kappa shape index (κ3) is 1.61. The Morgan fingerprint density at radius 1 is 1.38 bits per heavy atom. The van der Waals surface area contributed by atoms with Gasteiger partial charge in [0.15, 0.2) is 0 Å². The minimum atomic E-state index is 0.161. The normalized spacial score (nSPS) is 17.3. The second kappa shape index (κ2) is 3.94. The van der Waals surface area contributed by atoms with Gasteiger partial charge in [-0.05, 0) is 43.9 Å². The van der Waals surface area contributed by atoms with E-state index in [-0.39, 0.29) is 5.41 Å². The van der Waals surface area contributed by atoms with Gasteiger partial charge in [-0.15, -0.1) is 0 Å². The molecule has 88 valence electrons. The molecule has 2 rings (SSSR count). The molecule has 0 saturated heterocycles. The van der Waals surface area contributed by atoms with Crippen molar-refractivity contribution in [3.8, 4) is 5.75 Å². The lowest BCUT2D eigenvalue weighted by molar-refractivity contribution is 0.407. The molecule has 1 aliphatic carbocycles. The molecule has 1 aromatic rings.